The number of benzene rings is 1. The number of likely N-dealkylation sites (N-methyl/N-ethyl adjacent to an activating group) is 2. The van der Waals surface area contributed by atoms with Crippen molar-refractivity contribution >= 4 is 0 Å². The lowest BCUT2D eigenvalue weighted by atomic mass is 9.94. The zero-order valence-electron chi connectivity index (χ0n) is 19.2. The molecule has 0 spiro atoms. The first kappa shape index (κ1) is 23.6. The van der Waals surface area contributed by atoms with E-state index in [0.717, 1.165) is 25.1 Å². The number of aromatic amines is 1. The predicted molar refractivity (Wildman–Crippen MR) is 123 cm³/mol. The molecule has 1 saturated carbocycles. The van der Waals surface area contributed by atoms with Crippen LogP contribution in [-0.4, -0.2) is 78.2 Å². The third-order valence-electron chi connectivity index (χ3n) is 6.15. The molecule has 0 radical (unpaired) electrons. The molecule has 1 aliphatic carbocycles. The Morgan fingerprint density at radius 3 is 2.68 bits per heavy atom. The molecule has 31 heavy (non-hydrogen) atoms. The van der Waals surface area contributed by atoms with Crippen molar-refractivity contribution in [3.63, 3.8) is 0 Å². The van der Waals surface area contributed by atoms with Crippen molar-refractivity contribution in [2.45, 2.75) is 57.2 Å². The molecule has 0 unspecified atom stereocenters. The largest absolute Gasteiger partial charge is 0.493 e. The number of H-pyrrole nitrogens is 1. The smallest absolute Gasteiger partial charge is 0.161 e. The minimum absolute atomic E-state index is 0.261. The van der Waals surface area contributed by atoms with Crippen LogP contribution >= 0.6 is 0 Å². The molecule has 1 atom stereocenters. The Hall–Kier alpha value is -2.09. The van der Waals surface area contributed by atoms with E-state index < -0.39 is 6.10 Å². The van der Waals surface area contributed by atoms with Crippen molar-refractivity contribution in [2.75, 3.05) is 40.9 Å². The highest BCUT2D eigenvalue weighted by molar-refractivity contribution is 5.43. The molecule has 7 heteroatoms. The minimum Gasteiger partial charge on any atom is -0.493 e. The number of hydrogen-bond acceptors (Lipinski definition) is 6. The van der Waals surface area contributed by atoms with Gasteiger partial charge in [-0.05, 0) is 56.6 Å². The Morgan fingerprint density at radius 1 is 1.16 bits per heavy atom. The second kappa shape index (κ2) is 12.1. The van der Waals surface area contributed by atoms with Gasteiger partial charge in [0.15, 0.2) is 11.5 Å². The molecule has 3 rings (SSSR count). The van der Waals surface area contributed by atoms with Gasteiger partial charge in [0.2, 0.25) is 0 Å². The first-order valence-corrected chi connectivity index (χ1v) is 11.4. The van der Waals surface area contributed by atoms with Crippen molar-refractivity contribution in [3.8, 4) is 11.5 Å². The molecular formula is C24H38N4O3. The fourth-order valence-electron chi connectivity index (χ4n) is 4.30. The number of rotatable bonds is 12. The quantitative estimate of drug-likeness (QED) is 0.539. The number of nitrogens with zero attached hydrogens (tertiary/aromatic N) is 3. The summed E-state index contributed by atoms with van der Waals surface area (Å²) in [6.45, 7) is 2.66. The van der Waals surface area contributed by atoms with Crippen LogP contribution in [-0.2, 0) is 13.0 Å². The molecule has 0 aliphatic heterocycles. The summed E-state index contributed by atoms with van der Waals surface area (Å²) in [6, 6.07) is 6.61. The van der Waals surface area contributed by atoms with E-state index in [1.54, 1.807) is 7.11 Å². The van der Waals surface area contributed by atoms with Crippen LogP contribution in [0.15, 0.2) is 30.6 Å². The second-order valence-corrected chi connectivity index (χ2v) is 8.78. The second-order valence-electron chi connectivity index (χ2n) is 8.78. The zero-order chi connectivity index (χ0) is 22.1. The topological polar surface area (TPSA) is 73.8 Å². The summed E-state index contributed by atoms with van der Waals surface area (Å²) in [5.41, 5.74) is 2.37. The molecule has 1 fully saturated rings. The highest BCUT2D eigenvalue weighted by atomic mass is 16.5. The maximum absolute atomic E-state index is 10.5. The third kappa shape index (κ3) is 7.52. The summed E-state index contributed by atoms with van der Waals surface area (Å²) in [5.74, 6) is 1.38. The summed E-state index contributed by atoms with van der Waals surface area (Å²) in [5, 5.41) is 17.3. The fraction of sp³-hybridized carbons (Fsp3) is 0.625. The first-order valence-electron chi connectivity index (χ1n) is 11.4. The number of aliphatic hydroxyl groups is 1. The van der Waals surface area contributed by atoms with Gasteiger partial charge in [0.25, 0.3) is 0 Å². The molecule has 0 bridgehead atoms. The Kier molecular flexibility index (Phi) is 9.18. The van der Waals surface area contributed by atoms with Crippen molar-refractivity contribution in [1.82, 2.24) is 20.0 Å². The summed E-state index contributed by atoms with van der Waals surface area (Å²) in [6.07, 6.45) is 10.6. The SMILES string of the molecule is COc1cc(CN(C)CCc2cn[nH]c2)ccc1OC[C@H](O)CN(C)C1CCCCC1. The van der Waals surface area contributed by atoms with E-state index in [2.05, 4.69) is 40.2 Å². The molecule has 0 saturated heterocycles. The highest BCUT2D eigenvalue weighted by Crippen LogP contribution is 2.29. The van der Waals surface area contributed by atoms with Crippen LogP contribution in [0.25, 0.3) is 0 Å². The van der Waals surface area contributed by atoms with Gasteiger partial charge in [-0.15, -0.1) is 0 Å². The minimum atomic E-state index is -0.523. The summed E-state index contributed by atoms with van der Waals surface area (Å²) in [4.78, 5) is 4.56. The standard InChI is InChI=1S/C24H38N4O3/c1-27(12-11-20-14-25-26-15-20)16-19-9-10-23(24(13-19)30-3)31-18-22(29)17-28(2)21-7-5-4-6-8-21/h9-10,13-15,21-22,29H,4-8,11-12,16-18H2,1-3H3,(H,25,26)/t22-/m1/s1. The summed E-state index contributed by atoms with van der Waals surface area (Å²) in [7, 11) is 5.87. The van der Waals surface area contributed by atoms with E-state index >= 15 is 0 Å². The normalized spacial score (nSPS) is 16.1. The monoisotopic (exact) mass is 430 g/mol. The molecular weight excluding hydrogens is 392 g/mol. The van der Waals surface area contributed by atoms with Crippen LogP contribution in [0, 0.1) is 0 Å². The van der Waals surface area contributed by atoms with Crippen LogP contribution in [0.3, 0.4) is 0 Å². The zero-order valence-corrected chi connectivity index (χ0v) is 19.2. The van der Waals surface area contributed by atoms with Gasteiger partial charge in [-0.1, -0.05) is 25.3 Å². The van der Waals surface area contributed by atoms with Crippen LogP contribution < -0.4 is 9.47 Å². The maximum atomic E-state index is 10.5. The van der Waals surface area contributed by atoms with Gasteiger partial charge >= 0.3 is 0 Å². The third-order valence-corrected chi connectivity index (χ3v) is 6.15. The Labute approximate surface area is 186 Å². The Morgan fingerprint density at radius 2 is 1.97 bits per heavy atom. The number of aliphatic hydroxyl groups excluding tert-OH is 1. The molecule has 1 aliphatic rings. The van der Waals surface area contributed by atoms with Crippen LogP contribution in [0.2, 0.25) is 0 Å². The van der Waals surface area contributed by atoms with Gasteiger partial charge in [0.1, 0.15) is 12.7 Å². The first-order chi connectivity index (χ1) is 15.0. The van der Waals surface area contributed by atoms with E-state index in [-0.39, 0.29) is 6.61 Å². The van der Waals surface area contributed by atoms with E-state index in [1.807, 2.05) is 24.5 Å². The number of ether oxygens (including phenoxy) is 2. The van der Waals surface area contributed by atoms with E-state index in [1.165, 1.54) is 37.7 Å². The Bertz CT molecular complexity index is 762. The van der Waals surface area contributed by atoms with Gasteiger partial charge in [0.05, 0.1) is 13.3 Å². The number of methoxy groups -OCH3 is 1. The molecule has 7 nitrogen and oxygen atoms in total. The molecule has 172 valence electrons. The highest BCUT2D eigenvalue weighted by Gasteiger charge is 2.20. The van der Waals surface area contributed by atoms with Gasteiger partial charge in [0, 0.05) is 31.9 Å². The summed E-state index contributed by atoms with van der Waals surface area (Å²) < 4.78 is 11.5. The fourth-order valence-corrected chi connectivity index (χ4v) is 4.30. The molecule has 2 N–H and O–H groups in total. The van der Waals surface area contributed by atoms with Crippen LogP contribution in [0.5, 0.6) is 11.5 Å². The lowest BCUT2D eigenvalue weighted by molar-refractivity contribution is 0.0553. The molecule has 1 aromatic carbocycles. The Balaban J connectivity index is 1.46. The van der Waals surface area contributed by atoms with Crippen molar-refractivity contribution in [2.24, 2.45) is 0 Å². The maximum Gasteiger partial charge on any atom is 0.161 e. The average Bonchev–Trinajstić information content (AvgIpc) is 3.31. The van der Waals surface area contributed by atoms with Gasteiger partial charge < -0.3 is 24.4 Å². The number of nitrogens with one attached hydrogen (secondary N) is 1. The van der Waals surface area contributed by atoms with Crippen molar-refractivity contribution in [3.05, 3.63) is 41.7 Å². The van der Waals surface area contributed by atoms with E-state index in [0.29, 0.717) is 24.1 Å². The summed E-state index contributed by atoms with van der Waals surface area (Å²) >= 11 is 0. The van der Waals surface area contributed by atoms with Crippen LogP contribution in [0.1, 0.15) is 43.2 Å². The molecule has 0 amide bonds. The molecule has 1 aromatic heterocycles. The molecule has 2 aromatic rings. The van der Waals surface area contributed by atoms with Gasteiger partial charge in [-0.3, -0.25) is 5.10 Å². The molecule has 1 heterocycles. The lowest BCUT2D eigenvalue weighted by Crippen LogP contribution is -2.40. The average molecular weight is 431 g/mol. The van der Waals surface area contributed by atoms with E-state index in [4.69, 9.17) is 9.47 Å². The van der Waals surface area contributed by atoms with Crippen molar-refractivity contribution in [1.29, 1.82) is 0 Å². The number of aromatic nitrogens is 2. The van der Waals surface area contributed by atoms with Crippen molar-refractivity contribution < 1.29 is 14.6 Å². The van der Waals surface area contributed by atoms with Gasteiger partial charge in [-0.2, -0.15) is 5.10 Å². The van der Waals surface area contributed by atoms with E-state index in [9.17, 15) is 5.11 Å². The van der Waals surface area contributed by atoms with Gasteiger partial charge in [-0.25, -0.2) is 0 Å². The lowest BCUT2D eigenvalue weighted by Gasteiger charge is -2.32. The number of hydrogen-bond donors (Lipinski definition) is 2. The van der Waals surface area contributed by atoms with Crippen LogP contribution in [0.4, 0.5) is 0 Å². The predicted octanol–water partition coefficient (Wildman–Crippen LogP) is 3.10.